The first-order valence-electron chi connectivity index (χ1n) is 8.03. The second kappa shape index (κ2) is 8.56. The number of rotatable bonds is 9. The first-order valence-corrected chi connectivity index (χ1v) is 8.03. The molecule has 0 bridgehead atoms. The van der Waals surface area contributed by atoms with Crippen molar-refractivity contribution >= 4 is 11.9 Å². The highest BCUT2D eigenvalue weighted by Crippen LogP contribution is 2.19. The van der Waals surface area contributed by atoms with Crippen molar-refractivity contribution in [2.45, 2.75) is 71.9 Å². The number of carbonyl (C=O) groups excluding carboxylic acids is 1. The summed E-state index contributed by atoms with van der Waals surface area (Å²) < 4.78 is 1.86. The van der Waals surface area contributed by atoms with Crippen molar-refractivity contribution in [2.24, 2.45) is 0 Å². The molecule has 6 nitrogen and oxygen atoms in total. The molecule has 124 valence electrons. The molecule has 1 atom stereocenters. The van der Waals surface area contributed by atoms with Crippen molar-refractivity contribution in [3.05, 3.63) is 17.5 Å². The van der Waals surface area contributed by atoms with Crippen molar-refractivity contribution < 1.29 is 14.7 Å². The molecule has 1 unspecified atom stereocenters. The zero-order valence-electron chi connectivity index (χ0n) is 13.9. The molecule has 1 aromatic rings. The van der Waals surface area contributed by atoms with E-state index in [1.165, 1.54) is 6.20 Å². The fourth-order valence-corrected chi connectivity index (χ4v) is 2.55. The van der Waals surface area contributed by atoms with Crippen LogP contribution in [-0.2, 0) is 4.79 Å². The molecule has 0 aliphatic carbocycles. The lowest BCUT2D eigenvalue weighted by Crippen LogP contribution is -2.40. The minimum Gasteiger partial charge on any atom is -0.480 e. The van der Waals surface area contributed by atoms with E-state index in [2.05, 4.69) is 24.3 Å². The average molecular weight is 309 g/mol. The third kappa shape index (κ3) is 4.32. The molecule has 1 rings (SSSR count). The Kier molecular flexibility index (Phi) is 7.08. The molecule has 0 saturated heterocycles. The second-order valence-corrected chi connectivity index (χ2v) is 5.57. The Morgan fingerprint density at radius 2 is 1.95 bits per heavy atom. The van der Waals surface area contributed by atoms with Crippen molar-refractivity contribution in [3.8, 4) is 0 Å². The van der Waals surface area contributed by atoms with Gasteiger partial charge < -0.3 is 10.4 Å². The van der Waals surface area contributed by atoms with Gasteiger partial charge in [-0.3, -0.25) is 9.48 Å². The van der Waals surface area contributed by atoms with E-state index in [9.17, 15) is 14.7 Å². The molecule has 1 aromatic heterocycles. The molecule has 2 N–H and O–H groups in total. The van der Waals surface area contributed by atoms with Crippen LogP contribution in [0.3, 0.4) is 0 Å². The summed E-state index contributed by atoms with van der Waals surface area (Å²) in [5, 5.41) is 16.1. The maximum atomic E-state index is 12.3. The lowest BCUT2D eigenvalue weighted by molar-refractivity contribution is -0.139. The molecule has 0 spiro atoms. The minimum absolute atomic E-state index is 0.261. The molecular weight excluding hydrogens is 282 g/mol. The summed E-state index contributed by atoms with van der Waals surface area (Å²) in [6.45, 7) is 8.01. The number of aromatic nitrogens is 2. The highest BCUT2D eigenvalue weighted by atomic mass is 16.4. The van der Waals surface area contributed by atoms with Crippen molar-refractivity contribution in [2.75, 3.05) is 0 Å². The second-order valence-electron chi connectivity index (χ2n) is 5.57. The molecule has 0 saturated carbocycles. The van der Waals surface area contributed by atoms with Crippen LogP contribution in [0.5, 0.6) is 0 Å². The molecule has 0 fully saturated rings. The van der Waals surface area contributed by atoms with Crippen LogP contribution in [0, 0.1) is 6.92 Å². The van der Waals surface area contributed by atoms with Gasteiger partial charge in [-0.15, -0.1) is 0 Å². The summed E-state index contributed by atoms with van der Waals surface area (Å²) in [5.74, 6) is -1.36. The predicted molar refractivity (Wildman–Crippen MR) is 85.0 cm³/mol. The Balaban J connectivity index is 2.87. The molecule has 1 heterocycles. The summed E-state index contributed by atoms with van der Waals surface area (Å²) in [5.41, 5.74) is 1.24. The first kappa shape index (κ1) is 18.2. The predicted octanol–water partition coefficient (Wildman–Crippen LogP) is 2.93. The van der Waals surface area contributed by atoms with Gasteiger partial charge >= 0.3 is 5.97 Å². The quantitative estimate of drug-likeness (QED) is 0.734. The summed E-state index contributed by atoms with van der Waals surface area (Å²) in [7, 11) is 0. The number of carbonyl (C=O) groups is 2. The molecule has 0 radical (unpaired) electrons. The van der Waals surface area contributed by atoms with Gasteiger partial charge in [0.15, 0.2) is 0 Å². The average Bonchev–Trinajstić information content (AvgIpc) is 2.86. The van der Waals surface area contributed by atoms with Gasteiger partial charge in [-0.2, -0.15) is 5.10 Å². The van der Waals surface area contributed by atoms with Crippen molar-refractivity contribution in [1.82, 2.24) is 15.1 Å². The maximum Gasteiger partial charge on any atom is 0.326 e. The number of nitrogens with one attached hydrogen (secondary N) is 1. The van der Waals surface area contributed by atoms with E-state index < -0.39 is 12.0 Å². The number of carboxylic acids is 1. The fraction of sp³-hybridized carbons (Fsp3) is 0.688. The van der Waals surface area contributed by atoms with Gasteiger partial charge in [0.05, 0.1) is 17.8 Å². The smallest absolute Gasteiger partial charge is 0.326 e. The van der Waals surface area contributed by atoms with Gasteiger partial charge in [0.2, 0.25) is 0 Å². The van der Waals surface area contributed by atoms with E-state index in [0.717, 1.165) is 31.4 Å². The highest BCUT2D eigenvalue weighted by Gasteiger charge is 2.23. The largest absolute Gasteiger partial charge is 0.480 e. The van der Waals surface area contributed by atoms with Crippen LogP contribution in [0.1, 0.15) is 75.0 Å². The van der Waals surface area contributed by atoms with E-state index in [-0.39, 0.29) is 11.9 Å². The summed E-state index contributed by atoms with van der Waals surface area (Å²) in [4.78, 5) is 23.6. The van der Waals surface area contributed by atoms with Crippen LogP contribution in [0.2, 0.25) is 0 Å². The number of unbranched alkanes of at least 4 members (excludes halogenated alkanes) is 1. The molecule has 0 aromatic carbocycles. The number of aliphatic carboxylic acids is 1. The van der Waals surface area contributed by atoms with Crippen LogP contribution in [0.4, 0.5) is 0 Å². The highest BCUT2D eigenvalue weighted by molar-refractivity contribution is 5.97. The summed E-state index contributed by atoms with van der Waals surface area (Å²) in [6.07, 6.45) is 5.51. The molecule has 22 heavy (non-hydrogen) atoms. The van der Waals surface area contributed by atoms with E-state index in [1.807, 2.05) is 18.5 Å². The van der Waals surface area contributed by atoms with Crippen LogP contribution in [-0.4, -0.2) is 32.8 Å². The van der Waals surface area contributed by atoms with Gasteiger partial charge in [-0.05, 0) is 26.2 Å². The van der Waals surface area contributed by atoms with E-state index in [4.69, 9.17) is 0 Å². The van der Waals surface area contributed by atoms with Gasteiger partial charge in [0, 0.05) is 5.69 Å². The van der Waals surface area contributed by atoms with Gasteiger partial charge in [0.1, 0.15) is 6.04 Å². The molecular formula is C16H27N3O3. The lowest BCUT2D eigenvalue weighted by Gasteiger charge is -2.16. The van der Waals surface area contributed by atoms with Crippen LogP contribution in [0.15, 0.2) is 6.20 Å². The Morgan fingerprint density at radius 3 is 2.45 bits per heavy atom. The van der Waals surface area contributed by atoms with Gasteiger partial charge in [-0.25, -0.2) is 4.79 Å². The number of hydrogen-bond acceptors (Lipinski definition) is 3. The molecule has 1 amide bonds. The lowest BCUT2D eigenvalue weighted by atomic mass is 10.1. The van der Waals surface area contributed by atoms with Crippen LogP contribution < -0.4 is 5.32 Å². The third-order valence-electron chi connectivity index (χ3n) is 4.03. The van der Waals surface area contributed by atoms with Gasteiger partial charge in [0.25, 0.3) is 5.91 Å². The fourth-order valence-electron chi connectivity index (χ4n) is 2.55. The van der Waals surface area contributed by atoms with Gasteiger partial charge in [-0.1, -0.05) is 33.6 Å². The zero-order valence-corrected chi connectivity index (χ0v) is 13.9. The Morgan fingerprint density at radius 1 is 1.32 bits per heavy atom. The SMILES string of the molecule is CCCCC(NC(=O)c1cnn(C(CC)CC)c1C)C(=O)O. The standard InChI is InChI=1S/C16H27N3O3/c1-5-8-9-14(16(21)22)18-15(20)13-10-17-19(11(13)4)12(6-2)7-3/h10,12,14H,5-9H2,1-4H3,(H,18,20)(H,21,22). The van der Waals surface area contributed by atoms with E-state index in [1.54, 1.807) is 0 Å². The molecule has 0 aliphatic heterocycles. The van der Waals surface area contributed by atoms with E-state index >= 15 is 0 Å². The zero-order chi connectivity index (χ0) is 16.7. The number of hydrogen-bond donors (Lipinski definition) is 2. The number of amides is 1. The summed E-state index contributed by atoms with van der Waals surface area (Å²) in [6, 6.07) is -0.583. The third-order valence-corrected chi connectivity index (χ3v) is 4.03. The topological polar surface area (TPSA) is 84.2 Å². The Hall–Kier alpha value is -1.85. The van der Waals surface area contributed by atoms with Crippen LogP contribution >= 0.6 is 0 Å². The monoisotopic (exact) mass is 309 g/mol. The first-order chi connectivity index (χ1) is 10.5. The number of carboxylic acid groups (broad SMARTS) is 1. The molecule has 0 aliphatic rings. The van der Waals surface area contributed by atoms with Crippen molar-refractivity contribution in [1.29, 1.82) is 0 Å². The Labute approximate surface area is 131 Å². The Bertz CT molecular complexity index is 507. The normalized spacial score (nSPS) is 12.4. The number of nitrogens with zero attached hydrogens (tertiary/aromatic N) is 2. The van der Waals surface area contributed by atoms with Crippen LogP contribution in [0.25, 0.3) is 0 Å². The van der Waals surface area contributed by atoms with E-state index in [0.29, 0.717) is 12.0 Å². The minimum atomic E-state index is -0.994. The maximum absolute atomic E-state index is 12.3. The molecule has 6 heteroatoms. The summed E-state index contributed by atoms with van der Waals surface area (Å²) >= 11 is 0. The van der Waals surface area contributed by atoms with Crippen molar-refractivity contribution in [3.63, 3.8) is 0 Å².